The number of alkyl halides is 1. The molecular formula is C18H25BBrNO3. The van der Waals surface area contributed by atoms with Crippen LogP contribution in [0.4, 0.5) is 0 Å². The zero-order valence-corrected chi connectivity index (χ0v) is 16.6. The Hall–Kier alpha value is -1.11. The number of amides is 1. The van der Waals surface area contributed by atoms with E-state index in [0.29, 0.717) is 6.54 Å². The third-order valence-corrected chi connectivity index (χ3v) is 5.20. The summed E-state index contributed by atoms with van der Waals surface area (Å²) < 4.78 is 12.3. The van der Waals surface area contributed by atoms with Crippen LogP contribution in [-0.2, 0) is 19.4 Å². The molecule has 1 N–H and O–H groups in total. The first-order valence-electron chi connectivity index (χ1n) is 8.10. The van der Waals surface area contributed by atoms with Gasteiger partial charge in [0.25, 0.3) is 0 Å². The smallest absolute Gasteiger partial charge is 0.400 e. The maximum Gasteiger partial charge on any atom is 0.492 e. The first-order valence-corrected chi connectivity index (χ1v) is 9.22. The van der Waals surface area contributed by atoms with Crippen molar-refractivity contribution < 1.29 is 14.1 Å². The van der Waals surface area contributed by atoms with Gasteiger partial charge in [-0.2, -0.15) is 0 Å². The van der Waals surface area contributed by atoms with Crippen molar-refractivity contribution in [2.75, 3.05) is 6.54 Å². The molecule has 0 spiro atoms. The lowest BCUT2D eigenvalue weighted by Crippen LogP contribution is -2.41. The Morgan fingerprint density at radius 3 is 2.42 bits per heavy atom. The SMILES string of the molecule is CC(=O)NCC(=Cc1cccc(CBr)c1)B1OC(C)(C)C(C)(C)O1. The fourth-order valence-electron chi connectivity index (χ4n) is 2.40. The molecule has 2 rings (SSSR count). The molecule has 1 heterocycles. The van der Waals surface area contributed by atoms with Gasteiger partial charge in [0.2, 0.25) is 5.91 Å². The van der Waals surface area contributed by atoms with Crippen LogP contribution in [0.2, 0.25) is 0 Å². The van der Waals surface area contributed by atoms with Gasteiger partial charge >= 0.3 is 7.12 Å². The highest BCUT2D eigenvalue weighted by atomic mass is 79.9. The van der Waals surface area contributed by atoms with E-state index in [1.54, 1.807) is 0 Å². The molecule has 1 fully saturated rings. The summed E-state index contributed by atoms with van der Waals surface area (Å²) in [5.41, 5.74) is 2.32. The molecule has 1 aromatic rings. The van der Waals surface area contributed by atoms with Gasteiger partial charge in [-0.15, -0.1) is 0 Å². The molecule has 1 amide bonds. The molecule has 6 heteroatoms. The molecule has 4 nitrogen and oxygen atoms in total. The van der Waals surface area contributed by atoms with Gasteiger partial charge in [0.15, 0.2) is 0 Å². The first-order chi connectivity index (χ1) is 11.1. The van der Waals surface area contributed by atoms with E-state index in [1.807, 2.05) is 45.9 Å². The van der Waals surface area contributed by atoms with Crippen molar-refractivity contribution in [3.8, 4) is 0 Å². The van der Waals surface area contributed by atoms with Crippen molar-refractivity contribution in [1.82, 2.24) is 5.32 Å². The fourth-order valence-corrected chi connectivity index (χ4v) is 2.75. The lowest BCUT2D eigenvalue weighted by atomic mass is 9.77. The van der Waals surface area contributed by atoms with Crippen LogP contribution in [0.15, 0.2) is 29.7 Å². The van der Waals surface area contributed by atoms with Crippen LogP contribution in [0.3, 0.4) is 0 Å². The van der Waals surface area contributed by atoms with E-state index in [0.717, 1.165) is 16.4 Å². The van der Waals surface area contributed by atoms with E-state index >= 15 is 0 Å². The van der Waals surface area contributed by atoms with E-state index in [9.17, 15) is 4.79 Å². The third kappa shape index (κ3) is 4.49. The topological polar surface area (TPSA) is 47.6 Å². The molecule has 0 aliphatic carbocycles. The molecule has 0 aromatic heterocycles. The Bertz CT molecular complexity index is 627. The Morgan fingerprint density at radius 1 is 1.25 bits per heavy atom. The van der Waals surface area contributed by atoms with Gasteiger partial charge in [-0.05, 0) is 44.3 Å². The van der Waals surface area contributed by atoms with Crippen molar-refractivity contribution in [2.45, 2.75) is 51.2 Å². The normalized spacial score (nSPS) is 19.4. The second-order valence-corrected chi connectivity index (χ2v) is 7.66. The number of nitrogens with one attached hydrogen (secondary N) is 1. The summed E-state index contributed by atoms with van der Waals surface area (Å²) in [6.07, 6.45) is 2.03. The number of halogens is 1. The summed E-state index contributed by atoms with van der Waals surface area (Å²) in [7, 11) is -0.477. The van der Waals surface area contributed by atoms with Crippen LogP contribution >= 0.6 is 15.9 Å². The predicted molar refractivity (Wildman–Crippen MR) is 102 cm³/mol. The summed E-state index contributed by atoms with van der Waals surface area (Å²) in [5.74, 6) is -0.0772. The molecular weight excluding hydrogens is 369 g/mol. The number of carbonyl (C=O) groups excluding carboxylic acids is 1. The Balaban J connectivity index is 2.31. The molecule has 1 aliphatic heterocycles. The molecule has 130 valence electrons. The van der Waals surface area contributed by atoms with Gasteiger partial charge in [-0.25, -0.2) is 0 Å². The van der Waals surface area contributed by atoms with Crippen molar-refractivity contribution in [1.29, 1.82) is 0 Å². The van der Waals surface area contributed by atoms with Crippen LogP contribution < -0.4 is 5.32 Å². The summed E-state index contributed by atoms with van der Waals surface area (Å²) in [6, 6.07) is 8.22. The highest BCUT2D eigenvalue weighted by molar-refractivity contribution is 9.08. The Morgan fingerprint density at radius 2 is 1.88 bits per heavy atom. The van der Waals surface area contributed by atoms with Crippen molar-refractivity contribution in [3.63, 3.8) is 0 Å². The molecule has 1 aromatic carbocycles. The van der Waals surface area contributed by atoms with Crippen LogP contribution in [0.1, 0.15) is 45.7 Å². The average molecular weight is 394 g/mol. The minimum Gasteiger partial charge on any atom is -0.400 e. The van der Waals surface area contributed by atoms with E-state index in [2.05, 4.69) is 33.4 Å². The number of benzene rings is 1. The third-order valence-electron chi connectivity index (χ3n) is 4.55. The number of hydrogen-bond donors (Lipinski definition) is 1. The van der Waals surface area contributed by atoms with E-state index in [-0.39, 0.29) is 5.91 Å². The maximum atomic E-state index is 11.3. The Kier molecular flexibility index (Phi) is 5.94. The second kappa shape index (κ2) is 7.42. The molecule has 1 aliphatic rings. The molecule has 0 unspecified atom stereocenters. The molecule has 0 atom stereocenters. The summed E-state index contributed by atoms with van der Waals surface area (Å²) in [5, 5.41) is 3.65. The van der Waals surface area contributed by atoms with Gasteiger partial charge in [0, 0.05) is 18.8 Å². The van der Waals surface area contributed by atoms with Crippen LogP contribution in [0.25, 0.3) is 6.08 Å². The monoisotopic (exact) mass is 393 g/mol. The highest BCUT2D eigenvalue weighted by Crippen LogP contribution is 2.38. The molecule has 0 saturated carbocycles. The Labute approximate surface area is 153 Å². The van der Waals surface area contributed by atoms with Crippen LogP contribution in [0.5, 0.6) is 0 Å². The van der Waals surface area contributed by atoms with Crippen molar-refractivity contribution in [3.05, 3.63) is 40.9 Å². The minimum atomic E-state index is -0.477. The summed E-state index contributed by atoms with van der Waals surface area (Å²) in [6.45, 7) is 9.99. The first kappa shape index (κ1) is 19.2. The highest BCUT2D eigenvalue weighted by Gasteiger charge is 2.52. The fraction of sp³-hybridized carbons (Fsp3) is 0.500. The molecule has 1 saturated heterocycles. The van der Waals surface area contributed by atoms with Gasteiger partial charge in [-0.1, -0.05) is 46.3 Å². The quantitative estimate of drug-likeness (QED) is 0.612. The van der Waals surface area contributed by atoms with Crippen LogP contribution in [-0.4, -0.2) is 30.8 Å². The zero-order valence-electron chi connectivity index (χ0n) is 15.0. The zero-order chi connectivity index (χ0) is 18.0. The largest absolute Gasteiger partial charge is 0.492 e. The molecule has 0 radical (unpaired) electrons. The molecule has 24 heavy (non-hydrogen) atoms. The van der Waals surface area contributed by atoms with Crippen molar-refractivity contribution >= 4 is 35.0 Å². The summed E-state index contributed by atoms with van der Waals surface area (Å²) in [4.78, 5) is 11.3. The minimum absolute atomic E-state index is 0.0772. The maximum absolute atomic E-state index is 11.3. The van der Waals surface area contributed by atoms with Crippen molar-refractivity contribution in [2.24, 2.45) is 0 Å². The van der Waals surface area contributed by atoms with Gasteiger partial charge in [0.05, 0.1) is 11.2 Å². The number of hydrogen-bond acceptors (Lipinski definition) is 3. The standard InChI is InChI=1S/C18H25BBrNO3/c1-13(22)21-12-16(10-14-7-6-8-15(9-14)11-20)19-23-17(2,3)18(4,5)24-19/h6-10H,11-12H2,1-5H3,(H,21,22). The molecule has 0 bridgehead atoms. The van der Waals surface area contributed by atoms with E-state index in [1.165, 1.54) is 12.5 Å². The van der Waals surface area contributed by atoms with Gasteiger partial charge < -0.3 is 14.6 Å². The van der Waals surface area contributed by atoms with Crippen LogP contribution in [0, 0.1) is 0 Å². The number of carbonyl (C=O) groups is 1. The lowest BCUT2D eigenvalue weighted by Gasteiger charge is -2.32. The summed E-state index contributed by atoms with van der Waals surface area (Å²) >= 11 is 3.48. The van der Waals surface area contributed by atoms with E-state index < -0.39 is 18.3 Å². The van der Waals surface area contributed by atoms with Gasteiger partial charge in [-0.3, -0.25) is 4.79 Å². The number of rotatable bonds is 5. The van der Waals surface area contributed by atoms with Gasteiger partial charge in [0.1, 0.15) is 0 Å². The second-order valence-electron chi connectivity index (χ2n) is 7.10. The predicted octanol–water partition coefficient (Wildman–Crippen LogP) is 3.73. The van der Waals surface area contributed by atoms with E-state index in [4.69, 9.17) is 9.31 Å². The lowest BCUT2D eigenvalue weighted by molar-refractivity contribution is -0.118. The average Bonchev–Trinajstić information content (AvgIpc) is 2.71.